The van der Waals surface area contributed by atoms with E-state index < -0.39 is 0 Å². The van der Waals surface area contributed by atoms with Crippen LogP contribution in [0.4, 0.5) is 11.6 Å². The lowest BCUT2D eigenvalue weighted by Gasteiger charge is -2.33. The van der Waals surface area contributed by atoms with Gasteiger partial charge in [-0.15, -0.1) is 10.2 Å². The van der Waals surface area contributed by atoms with Crippen LogP contribution in [-0.4, -0.2) is 59.3 Å². The summed E-state index contributed by atoms with van der Waals surface area (Å²) in [4.78, 5) is 17.0. The molecule has 2 saturated heterocycles. The number of amides is 1. The van der Waals surface area contributed by atoms with E-state index in [9.17, 15) is 4.79 Å². The van der Waals surface area contributed by atoms with E-state index in [4.69, 9.17) is 0 Å². The number of anilines is 2. The van der Waals surface area contributed by atoms with Gasteiger partial charge >= 0.3 is 0 Å². The highest BCUT2D eigenvalue weighted by molar-refractivity contribution is 5.79. The summed E-state index contributed by atoms with van der Waals surface area (Å²) in [6.07, 6.45) is 6.31. The van der Waals surface area contributed by atoms with Gasteiger partial charge in [-0.25, -0.2) is 0 Å². The maximum Gasteiger partial charge on any atom is 0.223 e. The fourth-order valence-corrected chi connectivity index (χ4v) is 4.77. The molecule has 1 aliphatic carbocycles. The lowest BCUT2D eigenvalue weighted by atomic mass is 9.96. The number of rotatable bonds is 7. The van der Waals surface area contributed by atoms with E-state index in [-0.39, 0.29) is 11.8 Å². The van der Waals surface area contributed by atoms with Crippen LogP contribution in [0.15, 0.2) is 42.5 Å². The number of piperidine rings is 2. The molecule has 1 amide bonds. The Bertz CT molecular complexity index is 869. The minimum Gasteiger partial charge on any atom is -0.366 e. The SMILES string of the molecule is O=C(NC1CC1)C1CCN(c2ccc(NC3CCN(Cc4ccccc4)CC3)nn2)CC1. The van der Waals surface area contributed by atoms with Crippen molar-refractivity contribution in [3.8, 4) is 0 Å². The number of carbonyl (C=O) groups excluding carboxylic acids is 1. The lowest BCUT2D eigenvalue weighted by Crippen LogP contribution is -2.41. The van der Waals surface area contributed by atoms with Gasteiger partial charge in [0.1, 0.15) is 5.82 Å². The van der Waals surface area contributed by atoms with Gasteiger partial charge < -0.3 is 15.5 Å². The average Bonchev–Trinajstić information content (AvgIpc) is 3.66. The lowest BCUT2D eigenvalue weighted by molar-refractivity contribution is -0.125. The Labute approximate surface area is 190 Å². The van der Waals surface area contributed by atoms with Crippen molar-refractivity contribution in [3.05, 3.63) is 48.0 Å². The highest BCUT2D eigenvalue weighted by Gasteiger charge is 2.30. The first-order valence-electron chi connectivity index (χ1n) is 12.1. The Hall–Kier alpha value is -2.67. The van der Waals surface area contributed by atoms with Crippen LogP contribution in [0.3, 0.4) is 0 Å². The minimum absolute atomic E-state index is 0.147. The maximum atomic E-state index is 12.3. The fourth-order valence-electron chi connectivity index (χ4n) is 4.77. The average molecular weight is 435 g/mol. The molecular formula is C25H34N6O. The molecule has 0 bridgehead atoms. The Balaban J connectivity index is 1.05. The Morgan fingerprint density at radius 1 is 0.844 bits per heavy atom. The minimum atomic E-state index is 0.147. The number of nitrogens with one attached hydrogen (secondary N) is 2. The monoisotopic (exact) mass is 434 g/mol. The van der Waals surface area contributed by atoms with Crippen LogP contribution in [0.1, 0.15) is 44.1 Å². The van der Waals surface area contributed by atoms with Crippen molar-refractivity contribution >= 4 is 17.5 Å². The number of carbonyl (C=O) groups is 1. The zero-order valence-electron chi connectivity index (χ0n) is 18.7. The molecule has 0 radical (unpaired) electrons. The summed E-state index contributed by atoms with van der Waals surface area (Å²) in [5.74, 6) is 2.16. The number of hydrogen-bond acceptors (Lipinski definition) is 6. The van der Waals surface area contributed by atoms with Crippen LogP contribution >= 0.6 is 0 Å². The topological polar surface area (TPSA) is 73.4 Å². The standard InChI is InChI=1S/C25H34N6O/c32-25(27-21-6-7-21)20-10-16-31(17-11-20)24-9-8-23(28-29-24)26-22-12-14-30(15-13-22)18-19-4-2-1-3-5-19/h1-5,8-9,20-22H,6-7,10-18H2,(H,26,28)(H,27,32). The van der Waals surface area contributed by atoms with Crippen molar-refractivity contribution in [2.24, 2.45) is 5.92 Å². The summed E-state index contributed by atoms with van der Waals surface area (Å²) in [5, 5.41) is 15.6. The molecule has 1 aromatic heterocycles. The van der Waals surface area contributed by atoms with Crippen LogP contribution in [0.2, 0.25) is 0 Å². The van der Waals surface area contributed by atoms with Crippen LogP contribution in [0.25, 0.3) is 0 Å². The second-order valence-corrected chi connectivity index (χ2v) is 9.50. The summed E-state index contributed by atoms with van der Waals surface area (Å²) < 4.78 is 0. The first-order chi connectivity index (χ1) is 15.7. The number of likely N-dealkylation sites (tertiary alicyclic amines) is 1. The summed E-state index contributed by atoms with van der Waals surface area (Å²) in [5.41, 5.74) is 1.38. The third kappa shape index (κ3) is 5.57. The Morgan fingerprint density at radius 3 is 2.25 bits per heavy atom. The first-order valence-corrected chi connectivity index (χ1v) is 12.1. The molecule has 7 nitrogen and oxygen atoms in total. The molecule has 0 spiro atoms. The highest BCUT2D eigenvalue weighted by atomic mass is 16.2. The van der Waals surface area contributed by atoms with Gasteiger partial charge in [-0.05, 0) is 56.2 Å². The van der Waals surface area contributed by atoms with Crippen molar-refractivity contribution < 1.29 is 4.79 Å². The van der Waals surface area contributed by atoms with E-state index in [2.05, 4.69) is 67.0 Å². The van der Waals surface area contributed by atoms with E-state index in [1.54, 1.807) is 0 Å². The normalized spacial score (nSPS) is 20.8. The number of aromatic nitrogens is 2. The molecule has 3 fully saturated rings. The number of benzene rings is 1. The third-order valence-electron chi connectivity index (χ3n) is 6.95. The Kier molecular flexibility index (Phi) is 6.53. The molecule has 1 aromatic carbocycles. The van der Waals surface area contributed by atoms with Crippen LogP contribution in [0.5, 0.6) is 0 Å². The van der Waals surface area contributed by atoms with E-state index in [0.29, 0.717) is 12.1 Å². The van der Waals surface area contributed by atoms with Crippen LogP contribution in [0, 0.1) is 5.92 Å². The first kappa shape index (κ1) is 21.2. The fraction of sp³-hybridized carbons (Fsp3) is 0.560. The van der Waals surface area contributed by atoms with Crippen molar-refractivity contribution in [1.29, 1.82) is 0 Å². The van der Waals surface area contributed by atoms with Gasteiger partial charge in [0.05, 0.1) is 0 Å². The second kappa shape index (κ2) is 9.86. The molecule has 0 atom stereocenters. The van der Waals surface area contributed by atoms with Crippen molar-refractivity contribution in [2.75, 3.05) is 36.4 Å². The molecule has 5 rings (SSSR count). The molecule has 7 heteroatoms. The zero-order chi connectivity index (χ0) is 21.8. The van der Waals surface area contributed by atoms with Crippen molar-refractivity contribution in [2.45, 2.75) is 57.2 Å². The largest absolute Gasteiger partial charge is 0.366 e. The van der Waals surface area contributed by atoms with Gasteiger partial charge in [-0.2, -0.15) is 0 Å². The molecule has 2 aliphatic heterocycles. The van der Waals surface area contributed by atoms with Gasteiger partial charge in [0.25, 0.3) is 0 Å². The molecule has 3 heterocycles. The van der Waals surface area contributed by atoms with E-state index in [1.165, 1.54) is 5.56 Å². The van der Waals surface area contributed by atoms with Gasteiger partial charge in [0.2, 0.25) is 5.91 Å². The predicted molar refractivity (Wildman–Crippen MR) is 126 cm³/mol. The summed E-state index contributed by atoms with van der Waals surface area (Å²) in [7, 11) is 0. The van der Waals surface area contributed by atoms with Gasteiger partial charge in [0, 0.05) is 50.7 Å². The molecule has 3 aliphatic rings. The molecule has 170 valence electrons. The highest BCUT2D eigenvalue weighted by Crippen LogP contribution is 2.25. The van der Waals surface area contributed by atoms with Crippen molar-refractivity contribution in [1.82, 2.24) is 20.4 Å². The molecule has 0 unspecified atom stereocenters. The quantitative estimate of drug-likeness (QED) is 0.698. The van der Waals surface area contributed by atoms with Gasteiger partial charge in [-0.3, -0.25) is 9.69 Å². The number of hydrogen-bond donors (Lipinski definition) is 2. The summed E-state index contributed by atoms with van der Waals surface area (Å²) in [6.45, 7) is 4.96. The molecule has 2 N–H and O–H groups in total. The van der Waals surface area contributed by atoms with Crippen LogP contribution in [-0.2, 0) is 11.3 Å². The van der Waals surface area contributed by atoms with Gasteiger partial charge in [0.15, 0.2) is 5.82 Å². The third-order valence-corrected chi connectivity index (χ3v) is 6.95. The maximum absolute atomic E-state index is 12.3. The zero-order valence-corrected chi connectivity index (χ0v) is 18.7. The van der Waals surface area contributed by atoms with E-state index in [0.717, 1.165) is 82.9 Å². The van der Waals surface area contributed by atoms with E-state index >= 15 is 0 Å². The van der Waals surface area contributed by atoms with Crippen molar-refractivity contribution in [3.63, 3.8) is 0 Å². The molecule has 2 aromatic rings. The summed E-state index contributed by atoms with van der Waals surface area (Å²) >= 11 is 0. The number of nitrogens with zero attached hydrogens (tertiary/aromatic N) is 4. The second-order valence-electron chi connectivity index (χ2n) is 9.50. The van der Waals surface area contributed by atoms with E-state index in [1.807, 2.05) is 6.07 Å². The predicted octanol–water partition coefficient (Wildman–Crippen LogP) is 3.05. The Morgan fingerprint density at radius 2 is 1.59 bits per heavy atom. The van der Waals surface area contributed by atoms with Crippen LogP contribution < -0.4 is 15.5 Å². The smallest absolute Gasteiger partial charge is 0.223 e. The molecule has 1 saturated carbocycles. The molecular weight excluding hydrogens is 400 g/mol. The molecule has 32 heavy (non-hydrogen) atoms. The van der Waals surface area contributed by atoms with Gasteiger partial charge in [-0.1, -0.05) is 30.3 Å². The summed E-state index contributed by atoms with van der Waals surface area (Å²) in [6, 6.07) is 15.7.